The van der Waals surface area contributed by atoms with Crippen LogP contribution in [-0.4, -0.2) is 222 Å². The van der Waals surface area contributed by atoms with Gasteiger partial charge in [-0.2, -0.15) is 0 Å². The Balaban J connectivity index is 1.04. The number of phenolic OH excluding ortho intramolecular Hbond substituents is 2. The van der Waals surface area contributed by atoms with Crippen LogP contribution in [0.2, 0.25) is 0 Å². The van der Waals surface area contributed by atoms with E-state index in [2.05, 4.69) is 0 Å². The second-order valence-corrected chi connectivity index (χ2v) is 21.0. The minimum Gasteiger partial charge on any atom is -0.507 e. The zero-order chi connectivity index (χ0) is 54.6. The number of aliphatic hydroxyl groups is 9. The predicted octanol–water partition coefficient (Wildman–Crippen LogP) is -0.639. The lowest BCUT2D eigenvalue weighted by molar-refractivity contribution is -0.329. The van der Waals surface area contributed by atoms with E-state index in [1.54, 1.807) is 27.7 Å². The molecule has 2 aromatic carbocycles. The summed E-state index contributed by atoms with van der Waals surface area (Å²) in [7, 11) is 1.18. The first-order valence-corrected chi connectivity index (χ1v) is 25.7. The van der Waals surface area contributed by atoms with Gasteiger partial charge in [0.05, 0.1) is 78.1 Å². The summed E-state index contributed by atoms with van der Waals surface area (Å²) < 4.78 is 66.3. The molecule has 24 nitrogen and oxygen atoms in total. The average molecular weight is 1070 g/mol. The van der Waals surface area contributed by atoms with Crippen LogP contribution in [0.3, 0.4) is 0 Å². The monoisotopic (exact) mass is 1070 g/mol. The van der Waals surface area contributed by atoms with E-state index < -0.39 is 176 Å². The third kappa shape index (κ3) is 12.0. The summed E-state index contributed by atoms with van der Waals surface area (Å²) in [6, 6.07) is 3.03. The topological polar surface area (TPSA) is 358 Å². The number of carbonyl (C=O) groups excluding carboxylic acids is 2. The molecule has 75 heavy (non-hydrogen) atoms. The van der Waals surface area contributed by atoms with Gasteiger partial charge in [0.1, 0.15) is 66.1 Å². The minimum absolute atomic E-state index is 0.0357. The predicted molar refractivity (Wildman–Crippen MR) is 254 cm³/mol. The van der Waals surface area contributed by atoms with E-state index in [-0.39, 0.29) is 71.7 Å². The van der Waals surface area contributed by atoms with Crippen LogP contribution in [0.1, 0.15) is 95.1 Å². The molecule has 422 valence electrons. The number of fused-ring (bicyclic) bond motifs is 2. The van der Waals surface area contributed by atoms with Crippen molar-refractivity contribution in [2.45, 2.75) is 234 Å². The molecule has 24 heteroatoms. The Morgan fingerprint density at radius 1 is 0.613 bits per heavy atom. The van der Waals surface area contributed by atoms with Gasteiger partial charge in [0.2, 0.25) is 6.29 Å². The molecule has 5 fully saturated rings. The fraction of sp³-hybridized carbons (Fsp3) is 0.765. The van der Waals surface area contributed by atoms with Crippen molar-refractivity contribution in [1.82, 2.24) is 0 Å². The number of hydrogen-bond donors (Lipinski definition) is 11. The van der Waals surface area contributed by atoms with E-state index >= 15 is 4.79 Å². The number of hydrogen-bond acceptors (Lipinski definition) is 24. The number of phenols is 2. The quantitative estimate of drug-likeness (QED) is 0.106. The summed E-state index contributed by atoms with van der Waals surface area (Å²) in [6.07, 6.45) is -27.9. The number of ketones is 2. The van der Waals surface area contributed by atoms with Gasteiger partial charge in [-0.3, -0.25) is 9.59 Å². The highest BCUT2D eigenvalue weighted by Crippen LogP contribution is 2.47. The largest absolute Gasteiger partial charge is 0.507 e. The maximum absolute atomic E-state index is 15.0. The van der Waals surface area contributed by atoms with Gasteiger partial charge >= 0.3 is 0 Å². The molecule has 1 aliphatic carbocycles. The Labute approximate surface area is 432 Å². The van der Waals surface area contributed by atoms with Crippen molar-refractivity contribution in [3.05, 3.63) is 28.8 Å². The van der Waals surface area contributed by atoms with Gasteiger partial charge < -0.3 is 108 Å². The SMILES string of the molecule is CO[C@H](C(=O)[C@@H](O)[C@@H](C)O)[C@@H]1Cc2cc3cc(O[C@H]4C[C@@H](O[C@H]5C[C@@H](O)[C@H](O)[C@@H](C)O5)[C@H](O)[C@@H](C)O4)c(C)c(O)c3c(O)c2C(=O)[C@H]1O[C@H]1C[C@@H](O[C@H]2C[C@@H](O[C@H]3C[C@H](O)[C@H](O)[C@@H](C)O3)[C@@H](O)[C@@H](C)O2)[C@H](O)[C@@H](C)O1. The van der Waals surface area contributed by atoms with E-state index in [0.29, 0.717) is 0 Å². The van der Waals surface area contributed by atoms with E-state index in [9.17, 15) is 61.0 Å². The third-order valence-electron chi connectivity index (χ3n) is 15.5. The van der Waals surface area contributed by atoms with Crippen LogP contribution in [0.15, 0.2) is 12.1 Å². The van der Waals surface area contributed by atoms with Crippen LogP contribution in [0.4, 0.5) is 0 Å². The summed E-state index contributed by atoms with van der Waals surface area (Å²) in [5, 5.41) is 119. The standard InChI is InChI=1S/C51H74O24/c1-17-29(71-35-14-30(44(59)21(5)68-35)72-33-12-27(53)42(57)19(3)66-33)11-25-9-24-10-26(50(65-8)49(64)41(56)18(2)52)51(48(63)39(24)47(62)38(25)40(17)55)75-37-16-32(46(61)23(7)70-37)74-36-15-31(45(60)22(6)69-36)73-34-13-28(54)43(58)20(4)67-34/h9,11,18-23,26-28,30-37,41-46,50-62H,10,12-16H2,1-8H3/t18-,19-,20-,21-,22-,23-,26+,27-,28+,30-,31-,32-,33+,34+,35+,36+,37+,41+,42-,43-,44-,45+,46-,50+,51+/m1/s1. The van der Waals surface area contributed by atoms with Gasteiger partial charge in [0.25, 0.3) is 0 Å². The Morgan fingerprint density at radius 2 is 1.04 bits per heavy atom. The Bertz CT molecular complexity index is 2290. The Morgan fingerprint density at radius 3 is 1.49 bits per heavy atom. The zero-order valence-corrected chi connectivity index (χ0v) is 43.1. The fourth-order valence-corrected chi connectivity index (χ4v) is 11.0. The van der Waals surface area contributed by atoms with Crippen LogP contribution in [0, 0.1) is 12.8 Å². The smallest absolute Gasteiger partial charge is 0.202 e. The first kappa shape index (κ1) is 57.8. The summed E-state index contributed by atoms with van der Waals surface area (Å²) in [5.41, 5.74) is 0.0678. The lowest BCUT2D eigenvalue weighted by Crippen LogP contribution is -2.57. The maximum atomic E-state index is 15.0. The third-order valence-corrected chi connectivity index (χ3v) is 15.5. The Kier molecular flexibility index (Phi) is 18.2. The molecule has 5 saturated heterocycles. The van der Waals surface area contributed by atoms with Crippen molar-refractivity contribution in [2.75, 3.05) is 7.11 Å². The molecule has 2 aromatic rings. The van der Waals surface area contributed by atoms with Gasteiger partial charge in [-0.1, -0.05) is 0 Å². The van der Waals surface area contributed by atoms with Crippen molar-refractivity contribution in [2.24, 2.45) is 5.92 Å². The fourth-order valence-electron chi connectivity index (χ4n) is 11.0. The first-order chi connectivity index (χ1) is 35.4. The molecule has 0 amide bonds. The van der Waals surface area contributed by atoms with Crippen LogP contribution in [-0.2, 0) is 58.6 Å². The molecule has 8 rings (SSSR count). The highest BCUT2D eigenvalue weighted by atomic mass is 16.7. The second-order valence-electron chi connectivity index (χ2n) is 21.0. The molecule has 0 spiro atoms. The van der Waals surface area contributed by atoms with E-state index in [1.807, 2.05) is 0 Å². The molecule has 0 unspecified atom stereocenters. The summed E-state index contributed by atoms with van der Waals surface area (Å²) in [6.45, 7) is 10.6. The average Bonchev–Trinajstić information content (AvgIpc) is 3.34. The number of ether oxygens (including phenoxy) is 11. The molecule has 0 bridgehead atoms. The number of aliphatic hydroxyl groups excluding tert-OH is 9. The first-order valence-electron chi connectivity index (χ1n) is 25.7. The molecule has 6 aliphatic rings. The Hall–Kier alpha value is -3.32. The highest BCUT2D eigenvalue weighted by Gasteiger charge is 2.51. The lowest BCUT2D eigenvalue weighted by atomic mass is 9.75. The van der Waals surface area contributed by atoms with Crippen molar-refractivity contribution in [3.63, 3.8) is 0 Å². The molecule has 0 saturated carbocycles. The molecule has 11 N–H and O–H groups in total. The van der Waals surface area contributed by atoms with Crippen LogP contribution >= 0.6 is 0 Å². The van der Waals surface area contributed by atoms with Crippen LogP contribution in [0.25, 0.3) is 10.8 Å². The van der Waals surface area contributed by atoms with Crippen molar-refractivity contribution >= 4 is 22.3 Å². The molecule has 5 aliphatic heterocycles. The zero-order valence-electron chi connectivity index (χ0n) is 43.1. The highest BCUT2D eigenvalue weighted by molar-refractivity contribution is 6.11. The van der Waals surface area contributed by atoms with Gasteiger partial charge in [0, 0.05) is 50.7 Å². The van der Waals surface area contributed by atoms with E-state index in [1.165, 1.54) is 40.0 Å². The molecular weight excluding hydrogens is 997 g/mol. The summed E-state index contributed by atoms with van der Waals surface area (Å²) in [5.74, 6) is -4.06. The van der Waals surface area contributed by atoms with Gasteiger partial charge in [-0.25, -0.2) is 0 Å². The van der Waals surface area contributed by atoms with Gasteiger partial charge in [0.15, 0.2) is 36.7 Å². The summed E-state index contributed by atoms with van der Waals surface area (Å²) in [4.78, 5) is 28.9. The van der Waals surface area contributed by atoms with Gasteiger partial charge in [-0.15, -0.1) is 0 Å². The summed E-state index contributed by atoms with van der Waals surface area (Å²) >= 11 is 0. The number of rotatable bonds is 15. The van der Waals surface area contributed by atoms with Crippen molar-refractivity contribution in [3.8, 4) is 17.2 Å². The molecule has 25 atom stereocenters. The maximum Gasteiger partial charge on any atom is 0.202 e. The normalized spacial score (nSPS) is 41.9. The number of Topliss-reactive ketones (excluding diaryl/α,β-unsaturated/α-hetero) is 2. The second kappa shape index (κ2) is 23.6. The van der Waals surface area contributed by atoms with Crippen LogP contribution < -0.4 is 4.74 Å². The molecule has 0 aromatic heterocycles. The number of benzene rings is 2. The van der Waals surface area contributed by atoms with Crippen molar-refractivity contribution in [1.29, 1.82) is 0 Å². The number of aromatic hydroxyl groups is 2. The van der Waals surface area contributed by atoms with Gasteiger partial charge in [-0.05, 0) is 78.0 Å². The molecule has 0 radical (unpaired) electrons. The molecule has 5 heterocycles. The van der Waals surface area contributed by atoms with E-state index in [0.717, 1.165) is 0 Å². The number of methoxy groups -OCH3 is 1. The molecular formula is C51H74O24. The van der Waals surface area contributed by atoms with Crippen molar-refractivity contribution < 1.29 is 118 Å². The minimum atomic E-state index is -1.95. The van der Waals surface area contributed by atoms with E-state index in [4.69, 9.17) is 52.1 Å². The number of carbonyl (C=O) groups is 2. The van der Waals surface area contributed by atoms with Crippen LogP contribution in [0.5, 0.6) is 17.2 Å². The lowest BCUT2D eigenvalue weighted by Gasteiger charge is -2.45.